The topological polar surface area (TPSA) is 50.8 Å². The molecule has 1 aliphatic rings. The Balaban J connectivity index is 2.43. The van der Waals surface area contributed by atoms with Gasteiger partial charge < -0.3 is 19.7 Å². The second-order valence-electron chi connectivity index (χ2n) is 6.02. The Morgan fingerprint density at radius 3 is 2.90 bits per heavy atom. The van der Waals surface area contributed by atoms with Crippen molar-refractivity contribution in [3.05, 3.63) is 0 Å². The van der Waals surface area contributed by atoms with Crippen LogP contribution in [0.3, 0.4) is 0 Å². The zero-order valence-corrected chi connectivity index (χ0v) is 14.1. The van der Waals surface area contributed by atoms with Gasteiger partial charge in [-0.3, -0.25) is 4.79 Å². The number of carbonyl (C=O) groups excluding carboxylic acids is 1. The minimum Gasteiger partial charge on any atom is -0.465 e. The SMILES string of the molecule is CCNC(C)(CCCN1CCCOC(C)C1)C(=O)OCC. The van der Waals surface area contributed by atoms with E-state index in [1.807, 2.05) is 20.8 Å². The van der Waals surface area contributed by atoms with E-state index in [4.69, 9.17) is 9.47 Å². The molecule has 5 nitrogen and oxygen atoms in total. The lowest BCUT2D eigenvalue weighted by molar-refractivity contribution is -0.150. The molecule has 21 heavy (non-hydrogen) atoms. The number of ether oxygens (including phenoxy) is 2. The van der Waals surface area contributed by atoms with Crippen molar-refractivity contribution in [2.24, 2.45) is 0 Å². The number of nitrogens with one attached hydrogen (secondary N) is 1. The maximum Gasteiger partial charge on any atom is 0.326 e. The molecule has 1 aliphatic heterocycles. The molecular weight excluding hydrogens is 268 g/mol. The molecule has 0 amide bonds. The average Bonchev–Trinajstić information content (AvgIpc) is 2.63. The van der Waals surface area contributed by atoms with Gasteiger partial charge in [-0.2, -0.15) is 0 Å². The van der Waals surface area contributed by atoms with Crippen LogP contribution in [0.2, 0.25) is 0 Å². The Morgan fingerprint density at radius 2 is 2.24 bits per heavy atom. The third-order valence-corrected chi connectivity index (χ3v) is 3.98. The largest absolute Gasteiger partial charge is 0.465 e. The van der Waals surface area contributed by atoms with Crippen molar-refractivity contribution < 1.29 is 14.3 Å². The molecule has 5 heteroatoms. The molecule has 0 saturated carbocycles. The van der Waals surface area contributed by atoms with Gasteiger partial charge in [-0.25, -0.2) is 0 Å². The zero-order valence-electron chi connectivity index (χ0n) is 14.1. The summed E-state index contributed by atoms with van der Waals surface area (Å²) in [7, 11) is 0. The molecule has 2 atom stereocenters. The van der Waals surface area contributed by atoms with E-state index in [0.29, 0.717) is 12.7 Å². The van der Waals surface area contributed by atoms with Gasteiger partial charge in [0.2, 0.25) is 0 Å². The number of esters is 1. The first-order valence-electron chi connectivity index (χ1n) is 8.28. The Labute approximate surface area is 129 Å². The van der Waals surface area contributed by atoms with Crippen LogP contribution >= 0.6 is 0 Å². The molecule has 124 valence electrons. The molecule has 0 spiro atoms. The van der Waals surface area contributed by atoms with Gasteiger partial charge in [-0.1, -0.05) is 6.92 Å². The van der Waals surface area contributed by atoms with Gasteiger partial charge in [0.05, 0.1) is 12.7 Å². The maximum absolute atomic E-state index is 12.1. The first-order chi connectivity index (χ1) is 10.0. The van der Waals surface area contributed by atoms with Crippen molar-refractivity contribution >= 4 is 5.97 Å². The van der Waals surface area contributed by atoms with Crippen LogP contribution in [0.4, 0.5) is 0 Å². The number of rotatable bonds is 8. The van der Waals surface area contributed by atoms with Gasteiger partial charge in [0.15, 0.2) is 0 Å². The summed E-state index contributed by atoms with van der Waals surface area (Å²) >= 11 is 0. The van der Waals surface area contributed by atoms with Gasteiger partial charge >= 0.3 is 5.97 Å². The van der Waals surface area contributed by atoms with Crippen molar-refractivity contribution in [2.45, 2.75) is 58.6 Å². The second-order valence-corrected chi connectivity index (χ2v) is 6.02. The van der Waals surface area contributed by atoms with Crippen molar-refractivity contribution in [3.63, 3.8) is 0 Å². The fourth-order valence-corrected chi connectivity index (χ4v) is 2.88. The Morgan fingerprint density at radius 1 is 1.48 bits per heavy atom. The van der Waals surface area contributed by atoms with Crippen molar-refractivity contribution in [3.8, 4) is 0 Å². The van der Waals surface area contributed by atoms with Gasteiger partial charge in [-0.15, -0.1) is 0 Å². The number of nitrogens with zero attached hydrogens (tertiary/aromatic N) is 1. The van der Waals surface area contributed by atoms with E-state index in [1.165, 1.54) is 0 Å². The molecule has 1 saturated heterocycles. The fraction of sp³-hybridized carbons (Fsp3) is 0.938. The van der Waals surface area contributed by atoms with E-state index in [1.54, 1.807) is 0 Å². The lowest BCUT2D eigenvalue weighted by Crippen LogP contribution is -2.50. The molecular formula is C16H32N2O3. The van der Waals surface area contributed by atoms with Crippen LogP contribution in [0.25, 0.3) is 0 Å². The minimum absolute atomic E-state index is 0.139. The molecule has 0 aromatic rings. The first kappa shape index (κ1) is 18.4. The van der Waals surface area contributed by atoms with Gasteiger partial charge in [-0.05, 0) is 53.1 Å². The monoisotopic (exact) mass is 300 g/mol. The molecule has 0 aliphatic carbocycles. The average molecular weight is 300 g/mol. The first-order valence-corrected chi connectivity index (χ1v) is 8.28. The molecule has 1 rings (SSSR count). The van der Waals surface area contributed by atoms with E-state index in [2.05, 4.69) is 17.1 Å². The molecule has 0 radical (unpaired) electrons. The smallest absolute Gasteiger partial charge is 0.326 e. The summed E-state index contributed by atoms with van der Waals surface area (Å²) in [6, 6.07) is 0. The predicted molar refractivity (Wildman–Crippen MR) is 84.4 cm³/mol. The lowest BCUT2D eigenvalue weighted by Gasteiger charge is -2.29. The number of likely N-dealkylation sites (N-methyl/N-ethyl adjacent to an activating group) is 1. The van der Waals surface area contributed by atoms with Gasteiger partial charge in [0.25, 0.3) is 0 Å². The summed E-state index contributed by atoms with van der Waals surface area (Å²) in [5.41, 5.74) is -0.571. The summed E-state index contributed by atoms with van der Waals surface area (Å²) in [4.78, 5) is 14.6. The van der Waals surface area contributed by atoms with E-state index in [0.717, 1.165) is 52.0 Å². The summed E-state index contributed by atoms with van der Waals surface area (Å²) < 4.78 is 10.9. The van der Waals surface area contributed by atoms with Crippen LogP contribution in [0, 0.1) is 0 Å². The molecule has 0 aromatic carbocycles. The highest BCUT2D eigenvalue weighted by atomic mass is 16.5. The Kier molecular flexibility index (Phi) is 8.22. The third kappa shape index (κ3) is 6.32. The lowest BCUT2D eigenvalue weighted by atomic mass is 9.95. The van der Waals surface area contributed by atoms with Crippen molar-refractivity contribution in [1.29, 1.82) is 0 Å². The molecule has 2 unspecified atom stereocenters. The fourth-order valence-electron chi connectivity index (χ4n) is 2.88. The highest BCUT2D eigenvalue weighted by molar-refractivity contribution is 5.80. The van der Waals surface area contributed by atoms with Crippen LogP contribution in [-0.2, 0) is 14.3 Å². The predicted octanol–water partition coefficient (Wildman–Crippen LogP) is 1.81. The van der Waals surface area contributed by atoms with Crippen molar-refractivity contribution in [1.82, 2.24) is 10.2 Å². The van der Waals surface area contributed by atoms with E-state index >= 15 is 0 Å². The highest BCUT2D eigenvalue weighted by Gasteiger charge is 2.33. The number of hydrogen-bond donors (Lipinski definition) is 1. The van der Waals surface area contributed by atoms with Gasteiger partial charge in [0, 0.05) is 19.7 Å². The van der Waals surface area contributed by atoms with E-state index < -0.39 is 5.54 Å². The van der Waals surface area contributed by atoms with Crippen LogP contribution in [-0.4, -0.2) is 61.9 Å². The van der Waals surface area contributed by atoms with Gasteiger partial charge in [0.1, 0.15) is 5.54 Å². The second kappa shape index (κ2) is 9.38. The van der Waals surface area contributed by atoms with Crippen LogP contribution in [0.1, 0.15) is 47.0 Å². The Hall–Kier alpha value is -0.650. The summed E-state index contributed by atoms with van der Waals surface area (Å²) in [6.07, 6.45) is 3.17. The van der Waals surface area contributed by atoms with E-state index in [9.17, 15) is 4.79 Å². The van der Waals surface area contributed by atoms with Crippen molar-refractivity contribution in [2.75, 3.05) is 39.4 Å². The molecule has 1 heterocycles. The number of carbonyl (C=O) groups is 1. The quantitative estimate of drug-likeness (QED) is 0.693. The molecule has 1 fully saturated rings. The summed E-state index contributed by atoms with van der Waals surface area (Å²) in [6.45, 7) is 13.1. The van der Waals surface area contributed by atoms with Crippen LogP contribution in [0.15, 0.2) is 0 Å². The normalized spacial score (nSPS) is 23.3. The highest BCUT2D eigenvalue weighted by Crippen LogP contribution is 2.16. The molecule has 0 aromatic heterocycles. The summed E-state index contributed by atoms with van der Waals surface area (Å²) in [5, 5.41) is 3.28. The Bertz CT molecular complexity index is 312. The maximum atomic E-state index is 12.1. The van der Waals surface area contributed by atoms with E-state index in [-0.39, 0.29) is 5.97 Å². The zero-order chi connectivity index (χ0) is 15.7. The number of hydrogen-bond acceptors (Lipinski definition) is 5. The van der Waals surface area contributed by atoms with Crippen LogP contribution in [0.5, 0.6) is 0 Å². The van der Waals surface area contributed by atoms with Crippen LogP contribution < -0.4 is 5.32 Å². The third-order valence-electron chi connectivity index (χ3n) is 3.98. The summed E-state index contributed by atoms with van der Waals surface area (Å²) in [5.74, 6) is -0.139. The minimum atomic E-state index is -0.571. The molecule has 0 bridgehead atoms. The standard InChI is InChI=1S/C16H32N2O3/c1-5-17-16(4,15(19)20-6-2)9-7-10-18-11-8-12-21-14(3)13-18/h14,17H,5-13H2,1-4H3. The molecule has 1 N–H and O–H groups in total.